The predicted octanol–water partition coefficient (Wildman–Crippen LogP) is 3.52. The van der Waals surface area contributed by atoms with Crippen LogP contribution in [0.5, 0.6) is 5.75 Å². The molecule has 0 radical (unpaired) electrons. The van der Waals surface area contributed by atoms with Crippen molar-refractivity contribution >= 4 is 5.69 Å². The molecule has 1 saturated heterocycles. The van der Waals surface area contributed by atoms with Gasteiger partial charge in [-0.3, -0.25) is 18.8 Å². The van der Waals surface area contributed by atoms with Crippen molar-refractivity contribution in [2.75, 3.05) is 44.2 Å². The molecule has 198 valence electrons. The number of rotatable bonds is 9. The van der Waals surface area contributed by atoms with Gasteiger partial charge in [0.1, 0.15) is 5.75 Å². The van der Waals surface area contributed by atoms with Crippen molar-refractivity contribution in [1.82, 2.24) is 14.0 Å². The van der Waals surface area contributed by atoms with E-state index in [0.717, 1.165) is 24.2 Å². The fraction of sp³-hybridized carbons (Fsp3) is 0.407. The summed E-state index contributed by atoms with van der Waals surface area (Å²) in [5.41, 5.74) is 2.12. The average Bonchev–Trinajstić information content (AvgIpc) is 2.88. The number of benzene rings is 2. The van der Waals surface area contributed by atoms with Gasteiger partial charge < -0.3 is 9.64 Å². The molecule has 1 fully saturated rings. The van der Waals surface area contributed by atoms with Crippen LogP contribution in [-0.2, 0) is 13.1 Å². The third kappa shape index (κ3) is 7.03. The Morgan fingerprint density at radius 1 is 0.892 bits per heavy atom. The normalized spacial score (nSPS) is 14.6. The molecule has 0 bridgehead atoms. The second kappa shape index (κ2) is 11.7. The predicted molar refractivity (Wildman–Crippen MR) is 137 cm³/mol. The number of hydrogen-bond acceptors (Lipinski definition) is 5. The Balaban J connectivity index is 1.31. The monoisotopic (exact) mass is 516 g/mol. The van der Waals surface area contributed by atoms with Crippen LogP contribution in [0.2, 0.25) is 0 Å². The lowest BCUT2D eigenvalue weighted by molar-refractivity contribution is -0.153. The second-order valence-electron chi connectivity index (χ2n) is 9.20. The molecular weight excluding hydrogens is 485 g/mol. The van der Waals surface area contributed by atoms with Crippen molar-refractivity contribution in [2.24, 2.45) is 0 Å². The van der Waals surface area contributed by atoms with Gasteiger partial charge in [-0.15, -0.1) is 0 Å². The number of nitrogens with zero attached hydrogens (tertiary/aromatic N) is 4. The van der Waals surface area contributed by atoms with Crippen molar-refractivity contribution in [2.45, 2.75) is 32.6 Å². The minimum absolute atomic E-state index is 0.221. The summed E-state index contributed by atoms with van der Waals surface area (Å²) in [5.74, 6) is 0.221. The van der Waals surface area contributed by atoms with E-state index in [4.69, 9.17) is 4.74 Å². The smallest absolute Gasteiger partial charge is 0.422 e. The molecule has 1 aromatic heterocycles. The quantitative estimate of drug-likeness (QED) is 0.436. The molecule has 37 heavy (non-hydrogen) atoms. The largest absolute Gasteiger partial charge is 0.482 e. The number of halogens is 3. The fourth-order valence-corrected chi connectivity index (χ4v) is 4.52. The van der Waals surface area contributed by atoms with Crippen LogP contribution in [0.25, 0.3) is 0 Å². The van der Waals surface area contributed by atoms with E-state index in [1.165, 1.54) is 10.6 Å². The van der Waals surface area contributed by atoms with Crippen LogP contribution in [0.1, 0.15) is 17.5 Å². The molecule has 2 heterocycles. The number of para-hydroxylation sites is 2. The van der Waals surface area contributed by atoms with Gasteiger partial charge in [-0.05, 0) is 43.1 Å². The first-order chi connectivity index (χ1) is 17.7. The highest BCUT2D eigenvalue weighted by atomic mass is 19.4. The molecule has 0 amide bonds. The lowest BCUT2D eigenvalue weighted by Crippen LogP contribution is -2.47. The van der Waals surface area contributed by atoms with Crippen LogP contribution in [-0.4, -0.2) is 59.5 Å². The van der Waals surface area contributed by atoms with Crippen molar-refractivity contribution in [3.05, 3.63) is 92.8 Å². The average molecular weight is 517 g/mol. The minimum atomic E-state index is -4.39. The van der Waals surface area contributed by atoms with E-state index in [1.807, 2.05) is 36.1 Å². The number of alkyl halides is 3. The molecule has 1 aliphatic heterocycles. The summed E-state index contributed by atoms with van der Waals surface area (Å²) in [6.07, 6.45) is -2.21. The molecular formula is C27H31F3N4O3. The Bertz CT molecular complexity index is 1310. The number of anilines is 1. The molecule has 4 rings (SSSR count). The minimum Gasteiger partial charge on any atom is -0.482 e. The zero-order valence-corrected chi connectivity index (χ0v) is 20.8. The highest BCUT2D eigenvalue weighted by Crippen LogP contribution is 2.30. The maximum atomic E-state index is 13.0. The molecule has 1 aliphatic rings. The topological polar surface area (TPSA) is 59.7 Å². The molecule has 0 N–H and O–H groups in total. The van der Waals surface area contributed by atoms with Gasteiger partial charge in [0, 0.05) is 45.0 Å². The maximum Gasteiger partial charge on any atom is 0.422 e. The standard InChI is InChI=1S/C27H31F3N4O3/c1-21-7-2-3-8-22(21)19-33-14-11-25(35)34(26(33)36)13-6-12-31-15-17-32(18-16-31)23-9-4-5-10-24(23)37-20-27(28,29)30/h2-5,7-11,14H,6,12-13,15-20H2,1H3. The molecule has 10 heteroatoms. The molecule has 2 aromatic carbocycles. The van der Waals surface area contributed by atoms with E-state index in [9.17, 15) is 22.8 Å². The van der Waals surface area contributed by atoms with Gasteiger partial charge in [0.25, 0.3) is 5.56 Å². The van der Waals surface area contributed by atoms with Crippen molar-refractivity contribution < 1.29 is 17.9 Å². The van der Waals surface area contributed by atoms with Crippen LogP contribution >= 0.6 is 0 Å². The number of ether oxygens (including phenoxy) is 1. The van der Waals surface area contributed by atoms with E-state index in [1.54, 1.807) is 35.0 Å². The lowest BCUT2D eigenvalue weighted by Gasteiger charge is -2.36. The zero-order chi connectivity index (χ0) is 26.4. The first-order valence-corrected chi connectivity index (χ1v) is 12.3. The van der Waals surface area contributed by atoms with Gasteiger partial charge >= 0.3 is 11.9 Å². The van der Waals surface area contributed by atoms with E-state index >= 15 is 0 Å². The number of hydrogen-bond donors (Lipinski definition) is 0. The molecule has 0 aliphatic carbocycles. The Kier molecular flexibility index (Phi) is 8.38. The lowest BCUT2D eigenvalue weighted by atomic mass is 10.1. The van der Waals surface area contributed by atoms with E-state index in [2.05, 4.69) is 4.90 Å². The summed E-state index contributed by atoms with van der Waals surface area (Å²) in [4.78, 5) is 29.6. The number of piperazine rings is 1. The number of aryl methyl sites for hydroxylation is 1. The Morgan fingerprint density at radius 2 is 1.59 bits per heavy atom. The molecule has 7 nitrogen and oxygen atoms in total. The van der Waals surface area contributed by atoms with Crippen LogP contribution in [0.4, 0.5) is 18.9 Å². The van der Waals surface area contributed by atoms with Crippen LogP contribution in [0.3, 0.4) is 0 Å². The third-order valence-electron chi connectivity index (χ3n) is 6.57. The second-order valence-corrected chi connectivity index (χ2v) is 9.20. The Morgan fingerprint density at radius 3 is 2.32 bits per heavy atom. The summed E-state index contributed by atoms with van der Waals surface area (Å²) in [6, 6.07) is 16.0. The summed E-state index contributed by atoms with van der Waals surface area (Å²) in [5, 5.41) is 0. The van der Waals surface area contributed by atoms with Gasteiger partial charge in [0.15, 0.2) is 6.61 Å². The van der Waals surface area contributed by atoms with Crippen LogP contribution < -0.4 is 20.9 Å². The fourth-order valence-electron chi connectivity index (χ4n) is 4.52. The van der Waals surface area contributed by atoms with Gasteiger partial charge in [-0.25, -0.2) is 4.79 Å². The highest BCUT2D eigenvalue weighted by molar-refractivity contribution is 5.58. The molecule has 0 unspecified atom stereocenters. The first kappa shape index (κ1) is 26.5. The molecule has 3 aromatic rings. The summed E-state index contributed by atoms with van der Waals surface area (Å²) >= 11 is 0. The third-order valence-corrected chi connectivity index (χ3v) is 6.57. The van der Waals surface area contributed by atoms with Gasteiger partial charge in [-0.2, -0.15) is 13.2 Å². The SMILES string of the molecule is Cc1ccccc1Cn1ccc(=O)n(CCCN2CCN(c3ccccc3OCC(F)(F)F)CC2)c1=O. The summed E-state index contributed by atoms with van der Waals surface area (Å²) < 4.78 is 45.7. The van der Waals surface area contributed by atoms with Crippen LogP contribution in [0.15, 0.2) is 70.4 Å². The molecule has 0 spiro atoms. The van der Waals surface area contributed by atoms with Crippen molar-refractivity contribution in [3.8, 4) is 5.75 Å². The van der Waals surface area contributed by atoms with E-state index in [-0.39, 0.29) is 17.0 Å². The maximum absolute atomic E-state index is 13.0. The van der Waals surface area contributed by atoms with Crippen molar-refractivity contribution in [1.29, 1.82) is 0 Å². The van der Waals surface area contributed by atoms with Gasteiger partial charge in [0.05, 0.1) is 12.2 Å². The highest BCUT2D eigenvalue weighted by Gasteiger charge is 2.29. The zero-order valence-electron chi connectivity index (χ0n) is 20.8. The van der Waals surface area contributed by atoms with Gasteiger partial charge in [-0.1, -0.05) is 36.4 Å². The van der Waals surface area contributed by atoms with E-state index < -0.39 is 12.8 Å². The summed E-state index contributed by atoms with van der Waals surface area (Å²) in [6.45, 7) is 4.81. The van der Waals surface area contributed by atoms with Gasteiger partial charge in [0.2, 0.25) is 0 Å². The molecule has 0 atom stereocenters. The van der Waals surface area contributed by atoms with E-state index in [0.29, 0.717) is 44.8 Å². The Labute approximate surface area is 213 Å². The summed E-state index contributed by atoms with van der Waals surface area (Å²) in [7, 11) is 0. The van der Waals surface area contributed by atoms with Crippen LogP contribution in [0, 0.1) is 6.92 Å². The van der Waals surface area contributed by atoms with Crippen molar-refractivity contribution in [3.63, 3.8) is 0 Å². The number of aromatic nitrogens is 2. The molecule has 0 saturated carbocycles. The first-order valence-electron chi connectivity index (χ1n) is 12.3. The Hall–Kier alpha value is -3.53.